The first-order valence-corrected chi connectivity index (χ1v) is 9.19. The van der Waals surface area contributed by atoms with Crippen molar-refractivity contribution in [3.05, 3.63) is 0 Å². The van der Waals surface area contributed by atoms with E-state index in [1.54, 1.807) is 6.66 Å². The Morgan fingerprint density at radius 1 is 1.28 bits per heavy atom. The van der Waals surface area contributed by atoms with Gasteiger partial charge in [-0.05, 0) is 12.8 Å². The summed E-state index contributed by atoms with van der Waals surface area (Å²) < 4.78 is 24.9. The molecule has 0 radical (unpaired) electrons. The number of nitrogens with zero attached hydrogens (tertiary/aromatic N) is 2. The second-order valence-electron chi connectivity index (χ2n) is 4.89. The fourth-order valence-corrected chi connectivity index (χ4v) is 4.69. The highest BCUT2D eigenvalue weighted by molar-refractivity contribution is 7.80. The van der Waals surface area contributed by atoms with Crippen molar-refractivity contribution in [3.63, 3.8) is 0 Å². The largest absolute Gasteiger partial charge is 0.379 e. The fourth-order valence-electron chi connectivity index (χ4n) is 2.71. The number of piperidine rings is 1. The van der Waals surface area contributed by atoms with Crippen LogP contribution in [0.4, 0.5) is 0 Å². The first-order chi connectivity index (χ1) is 8.63. The molecular formula is C11H23N2O3PS. The zero-order valence-corrected chi connectivity index (χ0v) is 12.7. The van der Waals surface area contributed by atoms with E-state index in [2.05, 4.69) is 17.5 Å². The average molecular weight is 294 g/mol. The molecule has 2 heterocycles. The third-order valence-electron chi connectivity index (χ3n) is 3.81. The molecule has 0 N–H and O–H groups in total. The lowest BCUT2D eigenvalue weighted by atomic mass is 10.0. The van der Waals surface area contributed by atoms with Crippen LogP contribution in [0.5, 0.6) is 0 Å². The minimum atomic E-state index is -2.62. The molecule has 0 aliphatic carbocycles. The number of rotatable bonds is 4. The summed E-state index contributed by atoms with van der Waals surface area (Å²) in [5.41, 5.74) is 0. The van der Waals surface area contributed by atoms with Gasteiger partial charge in [-0.25, -0.2) is 4.67 Å². The monoisotopic (exact) mass is 294 g/mol. The topological polar surface area (TPSA) is 42.0 Å². The second kappa shape index (κ2) is 6.73. The van der Waals surface area contributed by atoms with Gasteiger partial charge in [0, 0.05) is 38.9 Å². The molecule has 1 unspecified atom stereocenters. The van der Waals surface area contributed by atoms with Gasteiger partial charge in [0.05, 0.1) is 19.2 Å². The van der Waals surface area contributed by atoms with Gasteiger partial charge in [-0.3, -0.25) is 9.46 Å². The lowest BCUT2D eigenvalue weighted by Gasteiger charge is -2.41. The Morgan fingerprint density at radius 3 is 2.44 bits per heavy atom. The first kappa shape index (κ1) is 14.8. The molecule has 2 fully saturated rings. The summed E-state index contributed by atoms with van der Waals surface area (Å²) in [6.07, 6.45) is 2.13. The van der Waals surface area contributed by atoms with Crippen LogP contribution in [0.1, 0.15) is 12.8 Å². The van der Waals surface area contributed by atoms with Crippen molar-refractivity contribution in [1.29, 1.82) is 0 Å². The molecule has 0 aromatic heterocycles. The van der Waals surface area contributed by atoms with Crippen LogP contribution in [0.15, 0.2) is 0 Å². The van der Waals surface area contributed by atoms with Crippen molar-refractivity contribution in [1.82, 2.24) is 9.57 Å². The van der Waals surface area contributed by atoms with Crippen LogP contribution in [0, 0.1) is 0 Å². The Kier molecular flexibility index (Phi) is 5.54. The van der Waals surface area contributed by atoms with Crippen LogP contribution in [0.3, 0.4) is 0 Å². The number of hydrogen-bond acceptors (Lipinski definition) is 5. The van der Waals surface area contributed by atoms with Crippen LogP contribution in [0.2, 0.25) is 0 Å². The van der Waals surface area contributed by atoms with E-state index in [4.69, 9.17) is 9.26 Å². The molecule has 2 aliphatic heterocycles. The van der Waals surface area contributed by atoms with Gasteiger partial charge in [0.15, 0.2) is 0 Å². The molecule has 7 heteroatoms. The zero-order valence-electron chi connectivity index (χ0n) is 11.0. The minimum absolute atomic E-state index is 0.219. The SMILES string of the molecule is CP(=O)(OCS)N1CCC(N2CCOCC2)CC1. The Labute approximate surface area is 115 Å². The Balaban J connectivity index is 1.82. The van der Waals surface area contributed by atoms with Crippen molar-refractivity contribution < 1.29 is 13.8 Å². The zero-order chi connectivity index (χ0) is 13.0. The van der Waals surface area contributed by atoms with E-state index in [0.717, 1.165) is 52.2 Å². The van der Waals surface area contributed by atoms with Gasteiger partial charge in [-0.2, -0.15) is 12.6 Å². The fraction of sp³-hybridized carbons (Fsp3) is 1.00. The highest BCUT2D eigenvalue weighted by atomic mass is 32.1. The summed E-state index contributed by atoms with van der Waals surface area (Å²) in [5.74, 6) is 0.219. The van der Waals surface area contributed by atoms with Crippen molar-refractivity contribution in [3.8, 4) is 0 Å². The lowest BCUT2D eigenvalue weighted by Crippen LogP contribution is -2.48. The van der Waals surface area contributed by atoms with E-state index in [0.29, 0.717) is 6.04 Å². The van der Waals surface area contributed by atoms with Crippen LogP contribution in [-0.4, -0.2) is 67.6 Å². The van der Waals surface area contributed by atoms with Gasteiger partial charge in [-0.15, -0.1) is 0 Å². The van der Waals surface area contributed by atoms with E-state index in [9.17, 15) is 4.57 Å². The molecule has 0 saturated carbocycles. The smallest absolute Gasteiger partial charge is 0.270 e. The Morgan fingerprint density at radius 2 is 1.89 bits per heavy atom. The number of ether oxygens (including phenoxy) is 1. The van der Waals surface area contributed by atoms with Gasteiger partial charge in [0.1, 0.15) is 0 Å². The molecule has 18 heavy (non-hydrogen) atoms. The molecule has 106 valence electrons. The Bertz CT molecular complexity index is 305. The normalized spacial score (nSPS) is 28.1. The predicted octanol–water partition coefficient (Wildman–Crippen LogP) is 1.51. The summed E-state index contributed by atoms with van der Waals surface area (Å²) in [6, 6.07) is 0.612. The maximum absolute atomic E-state index is 12.3. The first-order valence-electron chi connectivity index (χ1n) is 6.53. The Hall–Kier alpha value is 0.420. The van der Waals surface area contributed by atoms with E-state index in [1.807, 2.05) is 4.67 Å². The molecule has 0 aromatic rings. The van der Waals surface area contributed by atoms with Crippen LogP contribution < -0.4 is 0 Å². The summed E-state index contributed by atoms with van der Waals surface area (Å²) in [7, 11) is -2.62. The quantitative estimate of drug-likeness (QED) is 0.483. The van der Waals surface area contributed by atoms with Gasteiger partial charge in [0.25, 0.3) is 7.52 Å². The average Bonchev–Trinajstić information content (AvgIpc) is 2.40. The molecular weight excluding hydrogens is 271 g/mol. The molecule has 5 nitrogen and oxygen atoms in total. The lowest BCUT2D eigenvalue weighted by molar-refractivity contribution is 0.00539. The molecule has 2 saturated heterocycles. The maximum Gasteiger partial charge on any atom is 0.270 e. The van der Waals surface area contributed by atoms with Crippen molar-refractivity contribution in [2.75, 3.05) is 52.0 Å². The third kappa shape index (κ3) is 3.71. The molecule has 2 aliphatic rings. The van der Waals surface area contributed by atoms with Crippen LogP contribution in [-0.2, 0) is 13.8 Å². The van der Waals surface area contributed by atoms with Crippen LogP contribution in [0.25, 0.3) is 0 Å². The third-order valence-corrected chi connectivity index (χ3v) is 6.18. The van der Waals surface area contributed by atoms with Gasteiger partial charge >= 0.3 is 0 Å². The molecule has 0 spiro atoms. The molecule has 0 amide bonds. The van der Waals surface area contributed by atoms with Gasteiger partial charge in [-0.1, -0.05) is 0 Å². The highest BCUT2D eigenvalue weighted by Gasteiger charge is 2.32. The van der Waals surface area contributed by atoms with Crippen molar-refractivity contribution >= 4 is 20.1 Å². The van der Waals surface area contributed by atoms with E-state index in [1.165, 1.54) is 0 Å². The molecule has 0 aromatic carbocycles. The van der Waals surface area contributed by atoms with Crippen molar-refractivity contribution in [2.24, 2.45) is 0 Å². The summed E-state index contributed by atoms with van der Waals surface area (Å²) >= 11 is 3.99. The van der Waals surface area contributed by atoms with Crippen LogP contribution >= 0.6 is 20.1 Å². The van der Waals surface area contributed by atoms with Gasteiger partial charge < -0.3 is 9.26 Å². The highest BCUT2D eigenvalue weighted by Crippen LogP contribution is 2.48. The predicted molar refractivity (Wildman–Crippen MR) is 75.5 cm³/mol. The molecule has 2 rings (SSSR count). The summed E-state index contributed by atoms with van der Waals surface area (Å²) in [4.78, 5) is 2.50. The maximum atomic E-state index is 12.3. The standard InChI is InChI=1S/C11H23N2O3PS/c1-17(14,16-10-18)13-4-2-11(3-5-13)12-6-8-15-9-7-12/h11,18H,2-10H2,1H3. The van der Waals surface area contributed by atoms with E-state index >= 15 is 0 Å². The van der Waals surface area contributed by atoms with E-state index < -0.39 is 7.52 Å². The van der Waals surface area contributed by atoms with E-state index in [-0.39, 0.29) is 5.94 Å². The van der Waals surface area contributed by atoms with Crippen molar-refractivity contribution in [2.45, 2.75) is 18.9 Å². The molecule has 0 bridgehead atoms. The number of thiol groups is 1. The number of hydrogen-bond donors (Lipinski definition) is 1. The minimum Gasteiger partial charge on any atom is -0.379 e. The summed E-state index contributed by atoms with van der Waals surface area (Å²) in [5, 5.41) is 0. The second-order valence-corrected chi connectivity index (χ2v) is 7.58. The number of morpholine rings is 1. The summed E-state index contributed by atoms with van der Waals surface area (Å²) in [6.45, 7) is 7.14. The molecule has 1 atom stereocenters. The van der Waals surface area contributed by atoms with Gasteiger partial charge in [0.2, 0.25) is 0 Å².